The van der Waals surface area contributed by atoms with Gasteiger partial charge in [-0.3, -0.25) is 9.89 Å². The molecule has 0 fully saturated rings. The van der Waals surface area contributed by atoms with Crippen LogP contribution in [0.4, 0.5) is 17.2 Å². The Morgan fingerprint density at radius 3 is 2.82 bits per heavy atom. The molecule has 4 aromatic heterocycles. The summed E-state index contributed by atoms with van der Waals surface area (Å²) in [5.74, 6) is 1.10. The summed E-state index contributed by atoms with van der Waals surface area (Å²) in [6.07, 6.45) is 5.05. The number of nitrogens with zero attached hydrogens (tertiary/aromatic N) is 7. The number of pyridine rings is 2. The average molecular weight is 372 g/mol. The Morgan fingerprint density at radius 2 is 1.96 bits per heavy atom. The van der Waals surface area contributed by atoms with Crippen molar-refractivity contribution in [3.63, 3.8) is 0 Å². The van der Waals surface area contributed by atoms with E-state index in [2.05, 4.69) is 25.1 Å². The second-order valence-corrected chi connectivity index (χ2v) is 6.57. The van der Waals surface area contributed by atoms with Crippen LogP contribution in [0, 0.1) is 6.92 Å². The molecule has 0 spiro atoms. The van der Waals surface area contributed by atoms with Gasteiger partial charge in [0.15, 0.2) is 17.3 Å². The molecule has 138 valence electrons. The van der Waals surface area contributed by atoms with Crippen molar-refractivity contribution in [1.29, 1.82) is 0 Å². The number of carbonyl (C=O) groups is 1. The lowest BCUT2D eigenvalue weighted by Crippen LogP contribution is -2.42. The maximum absolute atomic E-state index is 12.6. The van der Waals surface area contributed by atoms with Crippen LogP contribution in [0.15, 0.2) is 42.9 Å². The number of amides is 1. The topological polar surface area (TPSA) is 104 Å². The Morgan fingerprint density at radius 1 is 1.07 bits per heavy atom. The van der Waals surface area contributed by atoms with E-state index in [4.69, 9.17) is 4.98 Å². The molecule has 28 heavy (non-hydrogen) atoms. The number of likely N-dealkylation sites (N-methyl/N-ethyl adjacent to an activating group) is 1. The number of aromatic nitrogens is 6. The van der Waals surface area contributed by atoms with Crippen molar-refractivity contribution in [1.82, 2.24) is 30.1 Å². The van der Waals surface area contributed by atoms with E-state index in [1.165, 1.54) is 0 Å². The van der Waals surface area contributed by atoms with Gasteiger partial charge in [0.25, 0.3) is 0 Å². The molecule has 0 saturated heterocycles. The van der Waals surface area contributed by atoms with Crippen LogP contribution in [0.2, 0.25) is 0 Å². The molecule has 9 heteroatoms. The van der Waals surface area contributed by atoms with E-state index in [9.17, 15) is 4.79 Å². The van der Waals surface area contributed by atoms with E-state index in [0.717, 1.165) is 16.8 Å². The molecule has 5 heterocycles. The van der Waals surface area contributed by atoms with Crippen molar-refractivity contribution in [2.75, 3.05) is 23.4 Å². The maximum Gasteiger partial charge on any atom is 0.246 e. The number of aromatic amines is 1. The molecular weight excluding hydrogens is 356 g/mol. The molecule has 1 aliphatic rings. The molecule has 0 aliphatic carbocycles. The summed E-state index contributed by atoms with van der Waals surface area (Å²) in [6.45, 7) is 2.08. The molecule has 1 amide bonds. The average Bonchev–Trinajstić information content (AvgIpc) is 3.19. The van der Waals surface area contributed by atoms with Gasteiger partial charge in [0.05, 0.1) is 23.5 Å². The van der Waals surface area contributed by atoms with Crippen molar-refractivity contribution in [3.8, 4) is 11.5 Å². The van der Waals surface area contributed by atoms with E-state index in [1.807, 2.05) is 36.1 Å². The van der Waals surface area contributed by atoms with Crippen LogP contribution in [0.5, 0.6) is 0 Å². The minimum Gasteiger partial charge on any atom is -0.314 e. The van der Waals surface area contributed by atoms with Gasteiger partial charge >= 0.3 is 0 Å². The first-order valence-corrected chi connectivity index (χ1v) is 8.75. The second kappa shape index (κ2) is 6.08. The second-order valence-electron chi connectivity index (χ2n) is 6.57. The van der Waals surface area contributed by atoms with Crippen molar-refractivity contribution in [3.05, 3.63) is 48.5 Å². The molecular formula is C19H16N8O. The van der Waals surface area contributed by atoms with E-state index in [-0.39, 0.29) is 12.5 Å². The molecule has 0 radical (unpaired) electrons. The number of aryl methyl sites for hydroxylation is 1. The number of fused-ring (bicyclic) bond motifs is 2. The number of rotatable bonds is 2. The number of nitrogens with one attached hydrogen (secondary N) is 1. The van der Waals surface area contributed by atoms with Crippen molar-refractivity contribution in [2.45, 2.75) is 6.92 Å². The highest BCUT2D eigenvalue weighted by atomic mass is 16.2. The van der Waals surface area contributed by atoms with Gasteiger partial charge < -0.3 is 9.80 Å². The summed E-state index contributed by atoms with van der Waals surface area (Å²) >= 11 is 0. The lowest BCUT2D eigenvalue weighted by Gasteiger charge is -2.34. The fraction of sp³-hybridized carbons (Fsp3) is 0.158. The van der Waals surface area contributed by atoms with Crippen LogP contribution in [-0.2, 0) is 4.79 Å². The van der Waals surface area contributed by atoms with Gasteiger partial charge in [-0.05, 0) is 25.1 Å². The van der Waals surface area contributed by atoms with Gasteiger partial charge in [0, 0.05) is 18.9 Å². The van der Waals surface area contributed by atoms with Crippen molar-refractivity contribution in [2.24, 2.45) is 0 Å². The van der Waals surface area contributed by atoms with Crippen LogP contribution in [0.3, 0.4) is 0 Å². The third-order valence-electron chi connectivity index (χ3n) is 4.77. The van der Waals surface area contributed by atoms with Crippen molar-refractivity contribution < 1.29 is 4.79 Å². The lowest BCUT2D eigenvalue weighted by molar-refractivity contribution is -0.117. The number of carbonyl (C=O) groups excluding carboxylic acids is 1. The number of anilines is 3. The standard InChI is InChI=1S/C19H16N8O/c1-11-4-3-5-13(23-11)18-21-9-15-19(24-18)27(10-16(28)26(15)2)14-6-7-20-17-12(14)8-22-25-17/h3-9H,10H2,1-2H3,(H,20,22,25). The van der Waals surface area contributed by atoms with Gasteiger partial charge in [-0.15, -0.1) is 0 Å². The van der Waals surface area contributed by atoms with Crippen LogP contribution in [-0.4, -0.2) is 49.6 Å². The SMILES string of the molecule is Cc1cccc(-c2ncc3c(n2)N(c2ccnc4[nH]ncc24)CC(=O)N3C)n1. The van der Waals surface area contributed by atoms with Crippen LogP contribution in [0.25, 0.3) is 22.6 Å². The third-order valence-corrected chi connectivity index (χ3v) is 4.77. The van der Waals surface area contributed by atoms with Gasteiger partial charge in [-0.2, -0.15) is 5.10 Å². The first-order chi connectivity index (χ1) is 13.6. The monoisotopic (exact) mass is 372 g/mol. The van der Waals surface area contributed by atoms with Crippen molar-refractivity contribution >= 4 is 34.1 Å². The highest BCUT2D eigenvalue weighted by Crippen LogP contribution is 2.38. The summed E-state index contributed by atoms with van der Waals surface area (Å²) in [5, 5.41) is 7.75. The smallest absolute Gasteiger partial charge is 0.246 e. The Labute approximate surface area is 160 Å². The van der Waals surface area contributed by atoms with Crippen LogP contribution >= 0.6 is 0 Å². The summed E-state index contributed by atoms with van der Waals surface area (Å²) in [6, 6.07) is 7.57. The highest BCUT2D eigenvalue weighted by Gasteiger charge is 2.31. The molecule has 1 aliphatic heterocycles. The molecule has 4 aromatic rings. The molecule has 0 unspecified atom stereocenters. The largest absolute Gasteiger partial charge is 0.314 e. The predicted molar refractivity (Wildman–Crippen MR) is 104 cm³/mol. The lowest BCUT2D eigenvalue weighted by atomic mass is 10.2. The highest BCUT2D eigenvalue weighted by molar-refractivity contribution is 6.06. The summed E-state index contributed by atoms with van der Waals surface area (Å²) in [5.41, 5.74) is 3.67. The first-order valence-electron chi connectivity index (χ1n) is 8.75. The van der Waals surface area contributed by atoms with Crippen LogP contribution in [0.1, 0.15) is 5.69 Å². The molecule has 5 rings (SSSR count). The predicted octanol–water partition coefficient (Wildman–Crippen LogP) is 2.23. The quantitative estimate of drug-likeness (QED) is 0.575. The molecule has 0 saturated carbocycles. The van der Waals surface area contributed by atoms with Gasteiger partial charge in [0.2, 0.25) is 5.91 Å². The summed E-state index contributed by atoms with van der Waals surface area (Å²) in [4.78, 5) is 34.0. The zero-order chi connectivity index (χ0) is 19.3. The third kappa shape index (κ3) is 2.48. The van der Waals surface area contributed by atoms with Gasteiger partial charge in [0.1, 0.15) is 17.9 Å². The molecule has 0 bridgehead atoms. The minimum absolute atomic E-state index is 0.0500. The fourth-order valence-corrected chi connectivity index (χ4v) is 3.32. The summed E-state index contributed by atoms with van der Waals surface area (Å²) in [7, 11) is 1.73. The molecule has 0 atom stereocenters. The van der Waals surface area contributed by atoms with E-state index >= 15 is 0 Å². The Kier molecular flexibility index (Phi) is 3.54. The van der Waals surface area contributed by atoms with E-state index in [1.54, 1.807) is 30.5 Å². The number of hydrogen-bond acceptors (Lipinski definition) is 7. The van der Waals surface area contributed by atoms with Gasteiger partial charge in [-0.25, -0.2) is 19.9 Å². The molecule has 0 aromatic carbocycles. The molecule has 9 nitrogen and oxygen atoms in total. The number of H-pyrrole nitrogens is 1. The first kappa shape index (κ1) is 16.3. The van der Waals surface area contributed by atoms with E-state index < -0.39 is 0 Å². The normalized spacial score (nSPS) is 13.9. The van der Waals surface area contributed by atoms with Gasteiger partial charge in [-0.1, -0.05) is 6.07 Å². The fourth-order valence-electron chi connectivity index (χ4n) is 3.32. The van der Waals surface area contributed by atoms with E-state index in [0.29, 0.717) is 28.7 Å². The Balaban J connectivity index is 1.71. The molecule has 1 N–H and O–H groups in total. The Hall–Kier alpha value is -3.88. The number of hydrogen-bond donors (Lipinski definition) is 1. The zero-order valence-electron chi connectivity index (χ0n) is 15.3. The maximum atomic E-state index is 12.6. The minimum atomic E-state index is -0.0500. The Bertz CT molecular complexity index is 1220. The zero-order valence-corrected chi connectivity index (χ0v) is 15.3. The summed E-state index contributed by atoms with van der Waals surface area (Å²) < 4.78 is 0. The van der Waals surface area contributed by atoms with Crippen LogP contribution < -0.4 is 9.80 Å².